The lowest BCUT2D eigenvalue weighted by Crippen LogP contribution is -2.49. The predicted octanol–water partition coefficient (Wildman–Crippen LogP) is 3.80. The van der Waals surface area contributed by atoms with Gasteiger partial charge in [-0.3, -0.25) is 4.31 Å². The van der Waals surface area contributed by atoms with Crippen molar-refractivity contribution in [3.8, 4) is 11.5 Å². The highest BCUT2D eigenvalue weighted by atomic mass is 32.2. The summed E-state index contributed by atoms with van der Waals surface area (Å²) in [6.07, 6.45) is 1.14. The van der Waals surface area contributed by atoms with Crippen molar-refractivity contribution in [2.75, 3.05) is 31.5 Å². The van der Waals surface area contributed by atoms with Crippen molar-refractivity contribution in [3.05, 3.63) is 66.4 Å². The van der Waals surface area contributed by atoms with Gasteiger partial charge in [-0.25, -0.2) is 18.2 Å². The molecule has 3 aromatic heterocycles. The number of fused-ring (bicyclic) bond motifs is 1. The summed E-state index contributed by atoms with van der Waals surface area (Å²) < 4.78 is 61.6. The minimum absolute atomic E-state index is 0.0176. The maximum Gasteiger partial charge on any atom is 0.319 e. The Labute approximate surface area is 223 Å². The molecule has 0 unspecified atom stereocenters. The fourth-order valence-electron chi connectivity index (χ4n) is 4.56. The Morgan fingerprint density at radius 2 is 1.85 bits per heavy atom. The molecule has 4 aromatic rings. The molecule has 0 N–H and O–H groups in total. The highest BCUT2D eigenvalue weighted by molar-refractivity contribution is 7.93. The lowest BCUT2D eigenvalue weighted by atomic mass is 10.1. The molecule has 0 radical (unpaired) electrons. The van der Waals surface area contributed by atoms with Crippen molar-refractivity contribution in [1.29, 1.82) is 0 Å². The standard InChI is InChI=1S/C25H27F2N7O4S/c1-31(2)25(35)32-12-9-20(10-13-32)39(36,37)34(19-6-4-3-5-7-19)16-18-15-33-11-8-17(14-21(33)28-18)23-29-30-24(38-23)22(26)27/h3-8,11,14-15,20,22H,9-10,12-13,16H2,1-2H3. The van der Waals surface area contributed by atoms with Crippen molar-refractivity contribution in [2.45, 2.75) is 31.1 Å². The van der Waals surface area contributed by atoms with Gasteiger partial charge in [0.25, 0.3) is 5.89 Å². The number of likely N-dealkylation sites (tertiary alicyclic amines) is 1. The fourth-order valence-corrected chi connectivity index (χ4v) is 6.45. The van der Waals surface area contributed by atoms with Crippen LogP contribution in [0.3, 0.4) is 0 Å². The highest BCUT2D eigenvalue weighted by Gasteiger charge is 2.36. The van der Waals surface area contributed by atoms with Crippen molar-refractivity contribution < 1.29 is 26.4 Å². The first kappa shape index (κ1) is 26.5. The first-order chi connectivity index (χ1) is 18.6. The molecule has 0 spiro atoms. The van der Waals surface area contributed by atoms with Crippen molar-refractivity contribution in [3.63, 3.8) is 0 Å². The molecule has 11 nitrogen and oxygen atoms in total. The molecule has 1 aliphatic heterocycles. The third-order valence-corrected chi connectivity index (χ3v) is 8.83. The molecule has 5 rings (SSSR count). The molecule has 0 aliphatic carbocycles. The van der Waals surface area contributed by atoms with E-state index in [2.05, 4.69) is 15.2 Å². The van der Waals surface area contributed by atoms with Crippen LogP contribution in [0, 0.1) is 0 Å². The SMILES string of the molecule is CN(C)C(=O)N1CCC(S(=O)(=O)N(Cc2cn3ccc(-c4nnc(C(F)F)o4)cc3n2)c2ccccc2)CC1. The molecule has 1 saturated heterocycles. The molecular formula is C25H27F2N7O4S. The van der Waals surface area contributed by atoms with Gasteiger partial charge in [-0.15, -0.1) is 10.2 Å². The summed E-state index contributed by atoms with van der Waals surface area (Å²) in [4.78, 5) is 20.0. The number of rotatable bonds is 7. The van der Waals surface area contributed by atoms with E-state index in [1.54, 1.807) is 72.2 Å². The van der Waals surface area contributed by atoms with Gasteiger partial charge in [-0.2, -0.15) is 8.78 Å². The Morgan fingerprint density at radius 3 is 2.49 bits per heavy atom. The summed E-state index contributed by atoms with van der Waals surface area (Å²) in [6, 6.07) is 11.9. The molecule has 0 saturated carbocycles. The number of urea groups is 1. The molecule has 4 heterocycles. The summed E-state index contributed by atoms with van der Waals surface area (Å²) in [5.74, 6) is -0.834. The molecular weight excluding hydrogens is 532 g/mol. The largest absolute Gasteiger partial charge is 0.415 e. The van der Waals surface area contributed by atoms with Gasteiger partial charge in [0.05, 0.1) is 23.2 Å². The van der Waals surface area contributed by atoms with Crippen LogP contribution in [0.4, 0.5) is 19.3 Å². The Morgan fingerprint density at radius 1 is 1.13 bits per heavy atom. The van der Waals surface area contributed by atoms with E-state index < -0.39 is 27.6 Å². The average Bonchev–Trinajstić information content (AvgIpc) is 3.59. The summed E-state index contributed by atoms with van der Waals surface area (Å²) in [5.41, 5.74) is 1.86. The van der Waals surface area contributed by atoms with Gasteiger partial charge in [0, 0.05) is 45.1 Å². The lowest BCUT2D eigenvalue weighted by molar-refractivity contribution is 0.116. The Bertz CT molecular complexity index is 1570. The number of benzene rings is 1. The number of amides is 2. The number of pyridine rings is 1. The number of carbonyl (C=O) groups excluding carboxylic acids is 1. The zero-order chi connectivity index (χ0) is 27.7. The van der Waals surface area contributed by atoms with Crippen LogP contribution < -0.4 is 4.31 Å². The summed E-state index contributed by atoms with van der Waals surface area (Å²) >= 11 is 0. The van der Waals surface area contributed by atoms with Gasteiger partial charge in [0.2, 0.25) is 15.9 Å². The zero-order valence-electron chi connectivity index (χ0n) is 21.3. The summed E-state index contributed by atoms with van der Waals surface area (Å²) in [7, 11) is -0.472. The van der Waals surface area contributed by atoms with Gasteiger partial charge in [-0.1, -0.05) is 18.2 Å². The summed E-state index contributed by atoms with van der Waals surface area (Å²) in [5, 5.41) is 6.37. The van der Waals surface area contributed by atoms with Gasteiger partial charge in [0.1, 0.15) is 5.65 Å². The molecule has 1 aromatic carbocycles. The number of carbonyl (C=O) groups is 1. The second-order valence-corrected chi connectivity index (χ2v) is 11.5. The van der Waals surface area contributed by atoms with E-state index in [1.165, 1.54) is 9.21 Å². The van der Waals surface area contributed by atoms with E-state index in [9.17, 15) is 22.0 Å². The molecule has 0 atom stereocenters. The molecule has 2 amide bonds. The number of anilines is 1. The fraction of sp³-hybridized carbons (Fsp3) is 0.360. The number of aromatic nitrogens is 4. The van der Waals surface area contributed by atoms with Crippen molar-refractivity contribution in [2.24, 2.45) is 0 Å². The second kappa shape index (κ2) is 10.6. The van der Waals surface area contributed by atoms with Gasteiger partial charge >= 0.3 is 12.5 Å². The number of hydrogen-bond acceptors (Lipinski definition) is 7. The lowest BCUT2D eigenvalue weighted by Gasteiger charge is -2.36. The topological polar surface area (TPSA) is 117 Å². The maximum absolute atomic E-state index is 13.9. The van der Waals surface area contributed by atoms with Crippen LogP contribution >= 0.6 is 0 Å². The maximum atomic E-state index is 13.9. The smallest absolute Gasteiger partial charge is 0.319 e. The third-order valence-electron chi connectivity index (χ3n) is 6.56. The van der Waals surface area contributed by atoms with Crippen LogP contribution in [0.2, 0.25) is 0 Å². The average molecular weight is 560 g/mol. The minimum Gasteiger partial charge on any atom is -0.415 e. The molecule has 14 heteroatoms. The van der Waals surface area contributed by atoms with Crippen LogP contribution in [0.15, 0.2) is 59.3 Å². The van der Waals surface area contributed by atoms with Gasteiger partial charge in [-0.05, 0) is 37.1 Å². The Balaban J connectivity index is 1.41. The number of alkyl halides is 2. The zero-order valence-corrected chi connectivity index (χ0v) is 22.1. The van der Waals surface area contributed by atoms with E-state index in [4.69, 9.17) is 4.42 Å². The van der Waals surface area contributed by atoms with Crippen molar-refractivity contribution >= 4 is 27.4 Å². The first-order valence-electron chi connectivity index (χ1n) is 12.3. The number of halogens is 2. The number of piperidine rings is 1. The molecule has 1 fully saturated rings. The van der Waals surface area contributed by atoms with Gasteiger partial charge in [0.15, 0.2) is 0 Å². The third kappa shape index (κ3) is 5.41. The predicted molar refractivity (Wildman–Crippen MR) is 139 cm³/mol. The number of hydrogen-bond donors (Lipinski definition) is 0. The molecule has 1 aliphatic rings. The van der Waals surface area contributed by atoms with Crippen LogP contribution in [-0.4, -0.2) is 76.3 Å². The highest BCUT2D eigenvalue weighted by Crippen LogP contribution is 2.29. The second-order valence-electron chi connectivity index (χ2n) is 9.41. The van der Waals surface area contributed by atoms with E-state index >= 15 is 0 Å². The van der Waals surface area contributed by atoms with E-state index in [0.29, 0.717) is 48.5 Å². The molecule has 0 bridgehead atoms. The van der Waals surface area contributed by atoms with Crippen LogP contribution in [0.1, 0.15) is 30.9 Å². The number of sulfonamides is 1. The molecule has 206 valence electrons. The quantitative estimate of drug-likeness (QED) is 0.338. The van der Waals surface area contributed by atoms with E-state index in [0.717, 1.165) is 0 Å². The van der Waals surface area contributed by atoms with Crippen LogP contribution in [0.5, 0.6) is 0 Å². The monoisotopic (exact) mass is 559 g/mol. The molecule has 39 heavy (non-hydrogen) atoms. The van der Waals surface area contributed by atoms with Crippen LogP contribution in [-0.2, 0) is 16.6 Å². The summed E-state index contributed by atoms with van der Waals surface area (Å²) in [6.45, 7) is 0.684. The number of nitrogens with zero attached hydrogens (tertiary/aromatic N) is 7. The van der Waals surface area contributed by atoms with Crippen LogP contribution in [0.25, 0.3) is 17.1 Å². The Hall–Kier alpha value is -4.07. The number of imidazole rings is 1. The Kier molecular flexibility index (Phi) is 7.21. The minimum atomic E-state index is -3.81. The normalized spacial score (nSPS) is 14.7. The van der Waals surface area contributed by atoms with E-state index in [-0.39, 0.29) is 18.5 Å². The van der Waals surface area contributed by atoms with Gasteiger partial charge < -0.3 is 18.6 Å². The first-order valence-corrected chi connectivity index (χ1v) is 13.8. The van der Waals surface area contributed by atoms with E-state index in [1.807, 2.05) is 6.07 Å². The van der Waals surface area contributed by atoms with Crippen molar-refractivity contribution in [1.82, 2.24) is 29.4 Å². The number of para-hydroxylation sites is 1.